The third kappa shape index (κ3) is 3.33. The highest BCUT2D eigenvalue weighted by atomic mass is 19.1. The van der Waals surface area contributed by atoms with Crippen molar-refractivity contribution in [2.75, 3.05) is 0 Å². The van der Waals surface area contributed by atoms with E-state index in [1.54, 1.807) is 23.7 Å². The van der Waals surface area contributed by atoms with Gasteiger partial charge in [0.15, 0.2) is 5.82 Å². The van der Waals surface area contributed by atoms with Gasteiger partial charge in [-0.15, -0.1) is 0 Å². The van der Waals surface area contributed by atoms with Crippen molar-refractivity contribution in [1.29, 1.82) is 0 Å². The molecule has 5 nitrogen and oxygen atoms in total. The summed E-state index contributed by atoms with van der Waals surface area (Å²) in [6.07, 6.45) is 4.56. The number of carbonyl (C=O) groups excluding carboxylic acids is 1. The number of amides is 1. The largest absolute Gasteiger partial charge is 0.349 e. The van der Waals surface area contributed by atoms with Gasteiger partial charge in [-0.1, -0.05) is 6.92 Å². The van der Waals surface area contributed by atoms with Crippen molar-refractivity contribution in [3.05, 3.63) is 65.9 Å². The van der Waals surface area contributed by atoms with Crippen LogP contribution >= 0.6 is 0 Å². The van der Waals surface area contributed by atoms with Gasteiger partial charge in [-0.2, -0.15) is 5.10 Å². The summed E-state index contributed by atoms with van der Waals surface area (Å²) < 4.78 is 16.8. The fraction of sp³-hybridized carbons (Fsp3) is 0.263. The van der Waals surface area contributed by atoms with Gasteiger partial charge in [0.2, 0.25) is 0 Å². The normalized spacial score (nSPS) is 12.2. The number of hydrogen-bond acceptors (Lipinski definition) is 2. The summed E-state index contributed by atoms with van der Waals surface area (Å²) in [5.41, 5.74) is 1.82. The number of rotatable bonds is 5. The molecule has 1 N–H and O–H groups in total. The molecule has 130 valence electrons. The highest BCUT2D eigenvalue weighted by molar-refractivity contribution is 5.98. The van der Waals surface area contributed by atoms with Gasteiger partial charge in [-0.05, 0) is 56.7 Å². The Hall–Kier alpha value is -2.89. The minimum Gasteiger partial charge on any atom is -0.349 e. The molecule has 1 aromatic carbocycles. The van der Waals surface area contributed by atoms with Gasteiger partial charge in [-0.3, -0.25) is 4.79 Å². The molecule has 0 aliphatic carbocycles. The van der Waals surface area contributed by atoms with Crippen molar-refractivity contribution in [3.63, 3.8) is 0 Å². The molecule has 0 aliphatic heterocycles. The molecule has 0 spiro atoms. The fourth-order valence-corrected chi connectivity index (χ4v) is 2.66. The molecule has 3 rings (SSSR count). The second-order valence-electron chi connectivity index (χ2n) is 6.05. The molecule has 1 atom stereocenters. The number of hydrogen-bond donors (Lipinski definition) is 1. The molecule has 2 heterocycles. The van der Waals surface area contributed by atoms with E-state index in [-0.39, 0.29) is 17.8 Å². The van der Waals surface area contributed by atoms with Gasteiger partial charge < -0.3 is 9.88 Å². The molecular formula is C19H21FN4O. The Morgan fingerprint density at radius 2 is 1.88 bits per heavy atom. The predicted octanol–water partition coefficient (Wildman–Crippen LogP) is 3.64. The molecule has 0 aliphatic rings. The van der Waals surface area contributed by atoms with Crippen LogP contribution in [0.4, 0.5) is 4.39 Å². The lowest BCUT2D eigenvalue weighted by Crippen LogP contribution is -2.32. The number of halogens is 1. The molecule has 0 saturated heterocycles. The summed E-state index contributed by atoms with van der Waals surface area (Å²) in [5.74, 6) is 0.156. The van der Waals surface area contributed by atoms with Gasteiger partial charge in [-0.25, -0.2) is 9.07 Å². The quantitative estimate of drug-likeness (QED) is 0.771. The number of aryl methyl sites for hydroxylation is 1. The minimum absolute atomic E-state index is 0.0681. The first-order valence-corrected chi connectivity index (χ1v) is 8.31. The molecule has 0 fully saturated rings. The van der Waals surface area contributed by atoms with E-state index in [2.05, 4.69) is 10.4 Å². The van der Waals surface area contributed by atoms with Crippen molar-refractivity contribution in [3.8, 4) is 11.5 Å². The van der Waals surface area contributed by atoms with Crippen LogP contribution in [0.2, 0.25) is 0 Å². The number of carbonyl (C=O) groups is 1. The summed E-state index contributed by atoms with van der Waals surface area (Å²) in [5, 5.41) is 7.53. The zero-order valence-corrected chi connectivity index (χ0v) is 14.5. The standard InChI is InChI=1S/C19H21FN4O/c1-4-13(2)21-18(25)17-14(3)22-24(16-9-7-15(20)8-10-16)19(17)23-11-5-6-12-23/h5-13H,4H2,1-3H3,(H,21,25). The topological polar surface area (TPSA) is 51.9 Å². The minimum atomic E-state index is -0.315. The summed E-state index contributed by atoms with van der Waals surface area (Å²) in [6, 6.07) is 9.88. The molecular weight excluding hydrogens is 319 g/mol. The molecule has 2 aromatic heterocycles. The first kappa shape index (κ1) is 17.0. The van der Waals surface area contributed by atoms with Crippen molar-refractivity contribution in [1.82, 2.24) is 19.7 Å². The summed E-state index contributed by atoms with van der Waals surface area (Å²) >= 11 is 0. The highest BCUT2D eigenvalue weighted by Gasteiger charge is 2.24. The monoisotopic (exact) mass is 340 g/mol. The zero-order valence-electron chi connectivity index (χ0n) is 14.5. The Kier molecular flexibility index (Phi) is 4.70. The number of nitrogens with one attached hydrogen (secondary N) is 1. The van der Waals surface area contributed by atoms with Crippen LogP contribution in [0.25, 0.3) is 11.5 Å². The van der Waals surface area contributed by atoms with Crippen molar-refractivity contribution in [2.45, 2.75) is 33.2 Å². The summed E-state index contributed by atoms with van der Waals surface area (Å²) in [6.45, 7) is 5.79. The van der Waals surface area contributed by atoms with Crippen molar-refractivity contribution < 1.29 is 9.18 Å². The first-order valence-electron chi connectivity index (χ1n) is 8.31. The molecule has 0 bridgehead atoms. The molecule has 1 amide bonds. The maximum absolute atomic E-state index is 13.3. The van der Waals surface area contributed by atoms with Crippen LogP contribution in [-0.2, 0) is 0 Å². The Morgan fingerprint density at radius 1 is 1.24 bits per heavy atom. The average Bonchev–Trinajstić information content (AvgIpc) is 3.22. The SMILES string of the molecule is CCC(C)NC(=O)c1c(C)nn(-c2ccc(F)cc2)c1-n1cccc1. The summed E-state index contributed by atoms with van der Waals surface area (Å²) in [4.78, 5) is 12.8. The van der Waals surface area contributed by atoms with Gasteiger partial charge in [0, 0.05) is 18.4 Å². The Bertz CT molecular complexity index is 866. The Balaban J connectivity index is 2.15. The van der Waals surface area contributed by atoms with Crippen molar-refractivity contribution >= 4 is 5.91 Å². The number of benzene rings is 1. The second kappa shape index (κ2) is 6.93. The van der Waals surface area contributed by atoms with Crippen LogP contribution in [-0.4, -0.2) is 26.3 Å². The maximum Gasteiger partial charge on any atom is 0.257 e. The molecule has 3 aromatic rings. The van der Waals surface area contributed by atoms with E-state index in [1.807, 2.05) is 42.9 Å². The van der Waals surface area contributed by atoms with Crippen LogP contribution in [0, 0.1) is 12.7 Å². The van der Waals surface area contributed by atoms with Crippen LogP contribution in [0.1, 0.15) is 36.3 Å². The van der Waals surface area contributed by atoms with E-state index < -0.39 is 0 Å². The van der Waals surface area contributed by atoms with Crippen LogP contribution < -0.4 is 5.32 Å². The lowest BCUT2D eigenvalue weighted by molar-refractivity contribution is 0.0938. The smallest absolute Gasteiger partial charge is 0.257 e. The fourth-order valence-electron chi connectivity index (χ4n) is 2.66. The van der Waals surface area contributed by atoms with Gasteiger partial charge in [0.05, 0.1) is 11.4 Å². The lowest BCUT2D eigenvalue weighted by atomic mass is 10.2. The molecule has 25 heavy (non-hydrogen) atoms. The molecule has 0 saturated carbocycles. The molecule has 1 unspecified atom stereocenters. The number of nitrogens with zero attached hydrogens (tertiary/aromatic N) is 3. The van der Waals surface area contributed by atoms with E-state index in [1.165, 1.54) is 12.1 Å². The van der Waals surface area contributed by atoms with Gasteiger partial charge >= 0.3 is 0 Å². The van der Waals surface area contributed by atoms with Crippen molar-refractivity contribution in [2.24, 2.45) is 0 Å². The summed E-state index contributed by atoms with van der Waals surface area (Å²) in [7, 11) is 0. The van der Waals surface area contributed by atoms with E-state index in [4.69, 9.17) is 0 Å². The maximum atomic E-state index is 13.3. The highest BCUT2D eigenvalue weighted by Crippen LogP contribution is 2.23. The Morgan fingerprint density at radius 3 is 2.48 bits per heavy atom. The van der Waals surface area contributed by atoms with Crippen LogP contribution in [0.15, 0.2) is 48.8 Å². The van der Waals surface area contributed by atoms with Crippen LogP contribution in [0.3, 0.4) is 0 Å². The molecule has 0 radical (unpaired) electrons. The second-order valence-corrected chi connectivity index (χ2v) is 6.05. The van der Waals surface area contributed by atoms with E-state index in [0.717, 1.165) is 6.42 Å². The van der Waals surface area contributed by atoms with E-state index >= 15 is 0 Å². The van der Waals surface area contributed by atoms with Gasteiger partial charge in [0.25, 0.3) is 5.91 Å². The molecule has 6 heteroatoms. The third-order valence-corrected chi connectivity index (χ3v) is 4.17. The Labute approximate surface area is 146 Å². The predicted molar refractivity (Wildman–Crippen MR) is 94.8 cm³/mol. The average molecular weight is 340 g/mol. The van der Waals surface area contributed by atoms with E-state index in [9.17, 15) is 9.18 Å². The van der Waals surface area contributed by atoms with Gasteiger partial charge in [0.1, 0.15) is 11.4 Å². The zero-order chi connectivity index (χ0) is 18.0. The van der Waals surface area contributed by atoms with E-state index in [0.29, 0.717) is 22.8 Å². The van der Waals surface area contributed by atoms with Crippen LogP contribution in [0.5, 0.6) is 0 Å². The number of aromatic nitrogens is 3. The lowest BCUT2D eigenvalue weighted by Gasteiger charge is -2.14. The first-order chi connectivity index (χ1) is 12.0. The third-order valence-electron chi connectivity index (χ3n) is 4.17.